The third-order valence-corrected chi connectivity index (χ3v) is 3.92. The van der Waals surface area contributed by atoms with Gasteiger partial charge in [0.25, 0.3) is 0 Å². The smallest absolute Gasteiger partial charge is 0.305 e. The highest BCUT2D eigenvalue weighted by atomic mass is 16.4. The average molecular weight is 240 g/mol. The minimum absolute atomic E-state index is 0.00644. The second kappa shape index (κ2) is 5.04. The first-order chi connectivity index (χ1) is 8.08. The van der Waals surface area contributed by atoms with Gasteiger partial charge in [-0.2, -0.15) is 0 Å². The van der Waals surface area contributed by atoms with E-state index in [2.05, 4.69) is 0 Å². The number of aliphatic carboxylic acids is 1. The largest absolute Gasteiger partial charge is 0.481 e. The highest BCUT2D eigenvalue weighted by molar-refractivity contribution is 5.86. The molecule has 2 rings (SSSR count). The number of amides is 1. The van der Waals surface area contributed by atoms with Gasteiger partial charge in [0.05, 0.1) is 12.5 Å². The first-order valence-electron chi connectivity index (χ1n) is 6.28. The van der Waals surface area contributed by atoms with Gasteiger partial charge in [-0.3, -0.25) is 14.5 Å². The molecule has 0 aromatic carbocycles. The fourth-order valence-electron chi connectivity index (χ4n) is 2.52. The maximum absolute atomic E-state index is 12.2. The normalized spacial score (nSPS) is 27.0. The van der Waals surface area contributed by atoms with Crippen LogP contribution in [0.2, 0.25) is 0 Å². The van der Waals surface area contributed by atoms with Crippen molar-refractivity contribution < 1.29 is 14.7 Å². The van der Waals surface area contributed by atoms with Crippen molar-refractivity contribution in [2.45, 2.75) is 31.7 Å². The molecule has 1 amide bonds. The predicted octanol–water partition coefficient (Wildman–Crippen LogP) is 0.404. The van der Waals surface area contributed by atoms with Gasteiger partial charge in [0, 0.05) is 19.6 Å². The van der Waals surface area contributed by atoms with Crippen molar-refractivity contribution >= 4 is 11.9 Å². The summed E-state index contributed by atoms with van der Waals surface area (Å²) in [5.74, 6) is -0.262. The monoisotopic (exact) mass is 240 g/mol. The Morgan fingerprint density at radius 2 is 2.12 bits per heavy atom. The van der Waals surface area contributed by atoms with E-state index in [0.29, 0.717) is 5.92 Å². The number of hydrogen-bond donors (Lipinski definition) is 1. The lowest BCUT2D eigenvalue weighted by molar-refractivity contribution is -0.149. The number of nitrogens with zero attached hydrogens (tertiary/aromatic N) is 2. The number of carboxylic acids is 1. The Kier molecular flexibility index (Phi) is 3.66. The van der Waals surface area contributed by atoms with Gasteiger partial charge >= 0.3 is 5.97 Å². The average Bonchev–Trinajstić information content (AvgIpc) is 2.20. The molecule has 1 atom stereocenters. The molecule has 1 saturated heterocycles. The van der Waals surface area contributed by atoms with Crippen molar-refractivity contribution in [1.82, 2.24) is 9.80 Å². The number of piperazine rings is 1. The molecule has 1 heterocycles. The van der Waals surface area contributed by atoms with Gasteiger partial charge in [0.1, 0.15) is 0 Å². The minimum atomic E-state index is -0.902. The van der Waals surface area contributed by atoms with Crippen molar-refractivity contribution in [1.29, 1.82) is 0 Å². The number of carbonyl (C=O) groups is 2. The van der Waals surface area contributed by atoms with E-state index >= 15 is 0 Å². The molecule has 1 unspecified atom stereocenters. The van der Waals surface area contributed by atoms with Crippen molar-refractivity contribution in [3.05, 3.63) is 0 Å². The third kappa shape index (κ3) is 2.77. The Morgan fingerprint density at radius 1 is 1.41 bits per heavy atom. The molecule has 5 nitrogen and oxygen atoms in total. The van der Waals surface area contributed by atoms with Crippen LogP contribution < -0.4 is 0 Å². The van der Waals surface area contributed by atoms with Crippen LogP contribution in [0.25, 0.3) is 0 Å². The lowest BCUT2D eigenvalue weighted by Crippen LogP contribution is -2.57. The molecule has 0 radical (unpaired) electrons. The summed E-state index contributed by atoms with van der Waals surface area (Å²) in [6.45, 7) is 2.33. The maximum atomic E-state index is 12.2. The molecule has 1 aliphatic carbocycles. The lowest BCUT2D eigenvalue weighted by Gasteiger charge is -2.41. The van der Waals surface area contributed by atoms with Gasteiger partial charge in [0.2, 0.25) is 5.91 Å². The van der Waals surface area contributed by atoms with Crippen LogP contribution in [0.4, 0.5) is 0 Å². The summed E-state index contributed by atoms with van der Waals surface area (Å²) < 4.78 is 0. The molecule has 5 heteroatoms. The lowest BCUT2D eigenvalue weighted by atomic mass is 9.85. The zero-order chi connectivity index (χ0) is 12.4. The van der Waals surface area contributed by atoms with Crippen LogP contribution in [0.1, 0.15) is 25.7 Å². The maximum Gasteiger partial charge on any atom is 0.305 e. The van der Waals surface area contributed by atoms with E-state index in [4.69, 9.17) is 5.11 Å². The number of likely N-dealkylation sites (N-methyl/N-ethyl adjacent to an activating group) is 1. The Labute approximate surface area is 101 Å². The molecule has 2 aliphatic rings. The molecule has 17 heavy (non-hydrogen) atoms. The second-order valence-electron chi connectivity index (χ2n) is 5.18. The van der Waals surface area contributed by atoms with Gasteiger partial charge in [-0.05, 0) is 25.8 Å². The molecule has 2 fully saturated rings. The number of carboxylic acid groups (broad SMARTS) is 1. The second-order valence-corrected chi connectivity index (χ2v) is 5.18. The van der Waals surface area contributed by atoms with E-state index in [0.717, 1.165) is 19.6 Å². The molecule has 0 aromatic heterocycles. The van der Waals surface area contributed by atoms with E-state index in [1.807, 2.05) is 16.8 Å². The summed E-state index contributed by atoms with van der Waals surface area (Å²) in [7, 11) is 1.83. The summed E-state index contributed by atoms with van der Waals surface area (Å²) in [4.78, 5) is 26.6. The Morgan fingerprint density at radius 3 is 2.65 bits per heavy atom. The minimum Gasteiger partial charge on any atom is -0.481 e. The Balaban J connectivity index is 1.95. The first-order valence-corrected chi connectivity index (χ1v) is 6.28. The van der Waals surface area contributed by atoms with Crippen LogP contribution in [0, 0.1) is 5.92 Å². The van der Waals surface area contributed by atoms with E-state index in [1.54, 1.807) is 0 Å². The highest BCUT2D eigenvalue weighted by Crippen LogP contribution is 2.28. The summed E-state index contributed by atoms with van der Waals surface area (Å²) in [6.07, 6.45) is 3.61. The third-order valence-electron chi connectivity index (χ3n) is 3.92. The van der Waals surface area contributed by atoms with Gasteiger partial charge in [0.15, 0.2) is 0 Å². The highest BCUT2D eigenvalue weighted by Gasteiger charge is 2.35. The van der Waals surface area contributed by atoms with Crippen LogP contribution in [0.3, 0.4) is 0 Å². The summed E-state index contributed by atoms with van der Waals surface area (Å²) in [6, 6.07) is -0.471. The molecule has 96 valence electrons. The van der Waals surface area contributed by atoms with Crippen LogP contribution >= 0.6 is 0 Å². The molecule has 1 aliphatic heterocycles. The van der Waals surface area contributed by atoms with Crippen LogP contribution in [-0.2, 0) is 9.59 Å². The van der Waals surface area contributed by atoms with Crippen LogP contribution in [0.5, 0.6) is 0 Å². The van der Waals surface area contributed by atoms with Crippen LogP contribution in [0.15, 0.2) is 0 Å². The fourth-order valence-corrected chi connectivity index (χ4v) is 2.52. The van der Waals surface area contributed by atoms with Crippen LogP contribution in [-0.4, -0.2) is 59.5 Å². The summed E-state index contributed by atoms with van der Waals surface area (Å²) in [5, 5.41) is 8.83. The standard InChI is InChI=1S/C12H20N2O3/c1-13-5-6-14(8-9-3-2-4-9)12(17)10(13)7-11(15)16/h9-10H,2-8H2,1H3,(H,15,16). The molecular weight excluding hydrogens is 220 g/mol. The summed E-state index contributed by atoms with van der Waals surface area (Å²) in [5.41, 5.74) is 0. The van der Waals surface area contributed by atoms with Crippen molar-refractivity contribution in [3.8, 4) is 0 Å². The quantitative estimate of drug-likeness (QED) is 0.773. The van der Waals surface area contributed by atoms with Gasteiger partial charge in [-0.25, -0.2) is 0 Å². The molecule has 1 saturated carbocycles. The molecular formula is C12H20N2O3. The molecule has 0 aromatic rings. The van der Waals surface area contributed by atoms with Crippen molar-refractivity contribution in [2.75, 3.05) is 26.7 Å². The summed E-state index contributed by atoms with van der Waals surface area (Å²) >= 11 is 0. The molecule has 0 spiro atoms. The Bertz CT molecular complexity index is 315. The van der Waals surface area contributed by atoms with E-state index in [9.17, 15) is 9.59 Å². The van der Waals surface area contributed by atoms with E-state index in [-0.39, 0.29) is 12.3 Å². The van der Waals surface area contributed by atoms with Gasteiger partial charge in [-0.15, -0.1) is 0 Å². The zero-order valence-electron chi connectivity index (χ0n) is 10.3. The van der Waals surface area contributed by atoms with Gasteiger partial charge in [-0.1, -0.05) is 6.42 Å². The number of hydrogen-bond acceptors (Lipinski definition) is 3. The SMILES string of the molecule is CN1CCN(CC2CCC2)C(=O)C1CC(=O)O. The fraction of sp³-hybridized carbons (Fsp3) is 0.833. The van der Waals surface area contributed by atoms with Crippen molar-refractivity contribution in [3.63, 3.8) is 0 Å². The predicted molar refractivity (Wildman–Crippen MR) is 62.6 cm³/mol. The zero-order valence-corrected chi connectivity index (χ0v) is 10.3. The number of carbonyl (C=O) groups excluding carboxylic acids is 1. The topological polar surface area (TPSA) is 60.9 Å². The van der Waals surface area contributed by atoms with Gasteiger partial charge < -0.3 is 10.0 Å². The van der Waals surface area contributed by atoms with Crippen molar-refractivity contribution in [2.24, 2.45) is 5.92 Å². The van der Waals surface area contributed by atoms with E-state index < -0.39 is 12.0 Å². The first kappa shape index (κ1) is 12.4. The van der Waals surface area contributed by atoms with E-state index in [1.165, 1.54) is 19.3 Å². The number of rotatable bonds is 4. The Hall–Kier alpha value is -1.10. The molecule has 1 N–H and O–H groups in total. The molecule has 0 bridgehead atoms.